The van der Waals surface area contributed by atoms with Gasteiger partial charge in [0.15, 0.2) is 5.82 Å². The summed E-state index contributed by atoms with van der Waals surface area (Å²) in [5.41, 5.74) is 0.529. The largest absolute Gasteiger partial charge is 0.343 e. The summed E-state index contributed by atoms with van der Waals surface area (Å²) in [6.07, 6.45) is 1.22. The molecule has 84 valence electrons. The second-order valence-corrected chi connectivity index (χ2v) is 3.23. The van der Waals surface area contributed by atoms with Crippen LogP contribution in [-0.2, 0) is 13.1 Å². The van der Waals surface area contributed by atoms with E-state index in [0.717, 1.165) is 6.07 Å². The van der Waals surface area contributed by atoms with E-state index in [4.69, 9.17) is 0 Å². The average Bonchev–Trinajstić information content (AvgIpc) is 2.69. The van der Waals surface area contributed by atoms with E-state index in [9.17, 15) is 8.78 Å². The Morgan fingerprint density at radius 1 is 1.12 bits per heavy atom. The van der Waals surface area contributed by atoms with Gasteiger partial charge in [0.05, 0.1) is 6.54 Å². The highest BCUT2D eigenvalue weighted by Gasteiger charge is 2.01. The van der Waals surface area contributed by atoms with Gasteiger partial charge in [0.2, 0.25) is 6.39 Å². The molecule has 0 aliphatic heterocycles. The van der Waals surface area contributed by atoms with Crippen LogP contribution < -0.4 is 5.32 Å². The van der Waals surface area contributed by atoms with Gasteiger partial charge in [-0.15, -0.1) is 0 Å². The van der Waals surface area contributed by atoms with E-state index in [-0.39, 0.29) is 0 Å². The molecule has 0 spiro atoms. The van der Waals surface area contributed by atoms with Crippen LogP contribution in [0.25, 0.3) is 0 Å². The van der Waals surface area contributed by atoms with Crippen molar-refractivity contribution in [2.45, 2.75) is 13.1 Å². The van der Waals surface area contributed by atoms with Gasteiger partial charge in [0.25, 0.3) is 0 Å². The lowest BCUT2D eigenvalue weighted by Gasteiger charge is -2.02. The lowest BCUT2D eigenvalue weighted by Crippen LogP contribution is -2.13. The summed E-state index contributed by atoms with van der Waals surface area (Å²) in [6.45, 7) is 0.720. The maximum atomic E-state index is 12.8. The topological polar surface area (TPSA) is 51.0 Å². The zero-order chi connectivity index (χ0) is 11.4. The van der Waals surface area contributed by atoms with E-state index in [0.29, 0.717) is 24.5 Å². The molecule has 0 amide bonds. The molecule has 0 radical (unpaired) electrons. The lowest BCUT2D eigenvalue weighted by atomic mass is 10.2. The fourth-order valence-electron chi connectivity index (χ4n) is 1.30. The molecule has 0 fully saturated rings. The first-order valence-electron chi connectivity index (χ1n) is 4.65. The van der Waals surface area contributed by atoms with E-state index in [2.05, 4.69) is 20.0 Å². The fraction of sp³-hybridized carbons (Fsp3) is 0.200. The molecule has 0 saturated heterocycles. The van der Waals surface area contributed by atoms with Gasteiger partial charge in [-0.05, 0) is 17.7 Å². The van der Waals surface area contributed by atoms with E-state index in [1.165, 1.54) is 18.5 Å². The molecule has 0 bridgehead atoms. The third kappa shape index (κ3) is 2.83. The van der Waals surface area contributed by atoms with Crippen LogP contribution in [0.4, 0.5) is 8.78 Å². The smallest absolute Gasteiger partial charge is 0.213 e. The van der Waals surface area contributed by atoms with Crippen molar-refractivity contribution < 1.29 is 13.3 Å². The number of benzene rings is 1. The maximum Gasteiger partial charge on any atom is 0.213 e. The van der Waals surface area contributed by atoms with Crippen molar-refractivity contribution in [2.75, 3.05) is 0 Å². The molecule has 0 saturated carbocycles. The van der Waals surface area contributed by atoms with Crippen molar-refractivity contribution in [1.82, 2.24) is 15.5 Å². The fourth-order valence-corrected chi connectivity index (χ4v) is 1.30. The van der Waals surface area contributed by atoms with E-state index >= 15 is 0 Å². The minimum atomic E-state index is -0.587. The molecule has 0 atom stereocenters. The van der Waals surface area contributed by atoms with Gasteiger partial charge >= 0.3 is 0 Å². The van der Waals surface area contributed by atoms with Crippen LogP contribution in [0, 0.1) is 11.6 Å². The van der Waals surface area contributed by atoms with Crippen LogP contribution in [0.3, 0.4) is 0 Å². The van der Waals surface area contributed by atoms with Crippen LogP contribution in [0.1, 0.15) is 11.4 Å². The van der Waals surface area contributed by atoms with Crippen LogP contribution in [0.2, 0.25) is 0 Å². The molecule has 4 nitrogen and oxygen atoms in total. The van der Waals surface area contributed by atoms with E-state index in [1.54, 1.807) is 0 Å². The summed E-state index contributed by atoms with van der Waals surface area (Å²) in [5, 5.41) is 6.53. The van der Waals surface area contributed by atoms with Crippen molar-refractivity contribution >= 4 is 0 Å². The number of nitrogens with zero attached hydrogens (tertiary/aromatic N) is 2. The van der Waals surface area contributed by atoms with E-state index in [1.807, 2.05) is 0 Å². The standard InChI is InChI=1S/C10H9F2N3O/c11-8-1-7(2-9(12)3-8)4-13-5-10-14-6-16-15-10/h1-3,6,13H,4-5H2. The van der Waals surface area contributed by atoms with Crippen molar-refractivity contribution in [3.8, 4) is 0 Å². The molecule has 2 aromatic rings. The zero-order valence-electron chi connectivity index (χ0n) is 8.28. The summed E-state index contributed by atoms with van der Waals surface area (Å²) in [4.78, 5) is 3.79. The number of hydrogen-bond acceptors (Lipinski definition) is 4. The molecule has 2 rings (SSSR count). The number of nitrogens with one attached hydrogen (secondary N) is 1. The number of hydrogen-bond donors (Lipinski definition) is 1. The monoisotopic (exact) mass is 225 g/mol. The maximum absolute atomic E-state index is 12.8. The third-order valence-corrected chi connectivity index (χ3v) is 1.94. The predicted molar refractivity (Wildman–Crippen MR) is 51.2 cm³/mol. The second-order valence-electron chi connectivity index (χ2n) is 3.23. The van der Waals surface area contributed by atoms with Gasteiger partial charge in [-0.25, -0.2) is 8.78 Å². The molecule has 0 aliphatic carbocycles. The molecule has 1 aromatic carbocycles. The number of rotatable bonds is 4. The Morgan fingerprint density at radius 3 is 2.50 bits per heavy atom. The number of aromatic nitrogens is 2. The van der Waals surface area contributed by atoms with Gasteiger partial charge in [0, 0.05) is 12.6 Å². The molecule has 1 aromatic heterocycles. The summed E-state index contributed by atoms with van der Waals surface area (Å²) < 4.78 is 30.2. The van der Waals surface area contributed by atoms with E-state index < -0.39 is 11.6 Å². The molecule has 1 N–H and O–H groups in total. The molecule has 0 unspecified atom stereocenters. The highest BCUT2D eigenvalue weighted by atomic mass is 19.1. The number of halogens is 2. The second kappa shape index (κ2) is 4.80. The lowest BCUT2D eigenvalue weighted by molar-refractivity contribution is 0.407. The first kappa shape index (κ1) is 10.7. The van der Waals surface area contributed by atoms with Crippen LogP contribution in [0.5, 0.6) is 0 Å². The Hall–Kier alpha value is -1.82. The Bertz CT molecular complexity index is 439. The molecule has 16 heavy (non-hydrogen) atoms. The molecule has 6 heteroatoms. The minimum absolute atomic E-state index is 0.337. The van der Waals surface area contributed by atoms with Crippen LogP contribution in [0.15, 0.2) is 29.1 Å². The molecule has 1 heterocycles. The van der Waals surface area contributed by atoms with Gasteiger partial charge < -0.3 is 9.84 Å². The minimum Gasteiger partial charge on any atom is -0.343 e. The first-order valence-corrected chi connectivity index (χ1v) is 4.65. The van der Waals surface area contributed by atoms with Gasteiger partial charge in [-0.1, -0.05) is 5.16 Å². The van der Waals surface area contributed by atoms with Crippen LogP contribution >= 0.6 is 0 Å². The SMILES string of the molecule is Fc1cc(F)cc(CNCc2ncon2)c1. The summed E-state index contributed by atoms with van der Waals surface area (Å²) >= 11 is 0. The van der Waals surface area contributed by atoms with Crippen LogP contribution in [-0.4, -0.2) is 10.1 Å². The first-order chi connectivity index (χ1) is 7.74. The molecular weight excluding hydrogens is 216 g/mol. The van der Waals surface area contributed by atoms with Crippen molar-refractivity contribution in [1.29, 1.82) is 0 Å². The molecular formula is C10H9F2N3O. The van der Waals surface area contributed by atoms with Gasteiger partial charge in [-0.2, -0.15) is 4.98 Å². The Morgan fingerprint density at radius 2 is 1.88 bits per heavy atom. The zero-order valence-corrected chi connectivity index (χ0v) is 8.28. The summed E-state index contributed by atoms with van der Waals surface area (Å²) in [5.74, 6) is -0.676. The van der Waals surface area contributed by atoms with Crippen molar-refractivity contribution in [3.05, 3.63) is 47.6 Å². The Labute approximate surface area is 90.3 Å². The Kier molecular flexibility index (Phi) is 3.21. The normalized spacial score (nSPS) is 10.6. The highest BCUT2D eigenvalue weighted by molar-refractivity contribution is 5.17. The highest BCUT2D eigenvalue weighted by Crippen LogP contribution is 2.07. The van der Waals surface area contributed by atoms with Gasteiger partial charge in [-0.3, -0.25) is 0 Å². The van der Waals surface area contributed by atoms with Gasteiger partial charge in [0.1, 0.15) is 11.6 Å². The quantitative estimate of drug-likeness (QED) is 0.859. The Balaban J connectivity index is 1.89. The summed E-state index contributed by atoms with van der Waals surface area (Å²) in [7, 11) is 0. The van der Waals surface area contributed by atoms with Crippen molar-refractivity contribution in [2.24, 2.45) is 0 Å². The average molecular weight is 225 g/mol. The predicted octanol–water partition coefficient (Wildman–Crippen LogP) is 1.64. The third-order valence-electron chi connectivity index (χ3n) is 1.94. The summed E-state index contributed by atoms with van der Waals surface area (Å²) in [6, 6.07) is 3.38. The molecule has 0 aliphatic rings. The van der Waals surface area contributed by atoms with Crippen molar-refractivity contribution in [3.63, 3.8) is 0 Å².